The Hall–Kier alpha value is -1.41. The lowest BCUT2D eigenvalue weighted by Gasteiger charge is -2.10. The first-order valence-electron chi connectivity index (χ1n) is 5.07. The van der Waals surface area contributed by atoms with Crippen LogP contribution in [0.15, 0.2) is 18.2 Å². The van der Waals surface area contributed by atoms with Crippen LogP contribution in [0.2, 0.25) is 0 Å². The summed E-state index contributed by atoms with van der Waals surface area (Å²) in [6, 6.07) is 5.82. The second-order valence-electron chi connectivity index (χ2n) is 3.34. The van der Waals surface area contributed by atoms with Crippen LogP contribution in [0.5, 0.6) is 0 Å². The van der Waals surface area contributed by atoms with E-state index in [1.54, 1.807) is 6.92 Å². The molecule has 3 nitrogen and oxygen atoms in total. The van der Waals surface area contributed by atoms with Gasteiger partial charge in [0.05, 0.1) is 18.2 Å². The number of nitrogens with zero attached hydrogens (tertiary/aromatic N) is 1. The Morgan fingerprint density at radius 3 is 2.94 bits per heavy atom. The molecule has 0 bridgehead atoms. The van der Waals surface area contributed by atoms with Crippen LogP contribution in [0.4, 0.5) is 4.39 Å². The Labute approximate surface area is 107 Å². The van der Waals surface area contributed by atoms with Crippen molar-refractivity contribution in [2.45, 2.75) is 18.2 Å². The number of hydrogen-bond acceptors (Lipinski definition) is 3. The van der Waals surface area contributed by atoms with Crippen LogP contribution < -0.4 is 0 Å². The van der Waals surface area contributed by atoms with Crippen LogP contribution in [-0.4, -0.2) is 17.4 Å². The fraction of sp³-hybridized carbons (Fsp3) is 0.333. The van der Waals surface area contributed by atoms with Gasteiger partial charge in [0.25, 0.3) is 0 Å². The Morgan fingerprint density at radius 2 is 2.35 bits per heavy atom. The minimum absolute atomic E-state index is 0.235. The fourth-order valence-electron chi connectivity index (χ4n) is 1.34. The third-order valence-corrected chi connectivity index (χ3v) is 2.83. The van der Waals surface area contributed by atoms with Crippen molar-refractivity contribution in [1.82, 2.24) is 0 Å². The summed E-state index contributed by atoms with van der Waals surface area (Å²) in [7, 11) is 0. The number of benzene rings is 1. The summed E-state index contributed by atoms with van der Waals surface area (Å²) in [4.78, 5) is 10.9. The van der Waals surface area contributed by atoms with E-state index in [1.807, 2.05) is 6.07 Å². The van der Waals surface area contributed by atoms with E-state index in [9.17, 15) is 9.18 Å². The van der Waals surface area contributed by atoms with Crippen molar-refractivity contribution in [1.29, 1.82) is 5.26 Å². The second kappa shape index (κ2) is 6.36. The predicted molar refractivity (Wildman–Crippen MR) is 64.2 cm³/mol. The lowest BCUT2D eigenvalue weighted by molar-refractivity contribution is -0.142. The van der Waals surface area contributed by atoms with Crippen molar-refractivity contribution < 1.29 is 13.9 Å². The molecule has 17 heavy (non-hydrogen) atoms. The number of esters is 1. The molecule has 0 spiro atoms. The van der Waals surface area contributed by atoms with Gasteiger partial charge >= 0.3 is 5.97 Å². The molecule has 0 amide bonds. The lowest BCUT2D eigenvalue weighted by Crippen LogP contribution is -2.20. The Kier molecular flexibility index (Phi) is 5.11. The number of rotatable bonds is 4. The van der Waals surface area contributed by atoms with E-state index >= 15 is 0 Å². The zero-order chi connectivity index (χ0) is 12.8. The van der Waals surface area contributed by atoms with Gasteiger partial charge in [-0.25, -0.2) is 4.39 Å². The molecular formula is C12H11BrFNO2. The van der Waals surface area contributed by atoms with Crippen molar-refractivity contribution in [3.05, 3.63) is 35.1 Å². The number of halogens is 2. The maximum atomic E-state index is 12.9. The highest BCUT2D eigenvalue weighted by Gasteiger charge is 2.18. The number of carbonyl (C=O) groups excluding carboxylic acids is 1. The van der Waals surface area contributed by atoms with Crippen LogP contribution in [0.3, 0.4) is 0 Å². The smallest absolute Gasteiger partial charge is 0.320 e. The SMILES string of the molecule is CCOC(=O)C(Br)Cc1ccc(F)cc1C#N. The largest absolute Gasteiger partial charge is 0.465 e. The number of carbonyl (C=O) groups is 1. The van der Waals surface area contributed by atoms with Crippen molar-refractivity contribution in [3.8, 4) is 6.07 Å². The van der Waals surface area contributed by atoms with Crippen LogP contribution in [0.25, 0.3) is 0 Å². The zero-order valence-corrected chi connectivity index (χ0v) is 10.8. The molecule has 0 saturated carbocycles. The van der Waals surface area contributed by atoms with Crippen molar-refractivity contribution in [2.75, 3.05) is 6.61 Å². The van der Waals surface area contributed by atoms with Gasteiger partial charge in [-0.2, -0.15) is 5.26 Å². The van der Waals surface area contributed by atoms with E-state index < -0.39 is 10.6 Å². The monoisotopic (exact) mass is 299 g/mol. The minimum Gasteiger partial charge on any atom is -0.465 e. The highest BCUT2D eigenvalue weighted by molar-refractivity contribution is 9.10. The quantitative estimate of drug-likeness (QED) is 0.634. The molecule has 1 aromatic rings. The molecule has 0 N–H and O–H groups in total. The zero-order valence-electron chi connectivity index (χ0n) is 9.24. The predicted octanol–water partition coefficient (Wildman–Crippen LogP) is 2.57. The van der Waals surface area contributed by atoms with Gasteiger partial charge < -0.3 is 4.74 Å². The number of alkyl halides is 1. The highest BCUT2D eigenvalue weighted by Crippen LogP contribution is 2.16. The summed E-state index contributed by atoms with van der Waals surface area (Å²) in [5.74, 6) is -0.853. The molecule has 0 aliphatic heterocycles. The number of nitriles is 1. The van der Waals surface area contributed by atoms with Gasteiger partial charge in [-0.05, 0) is 31.0 Å². The average Bonchev–Trinajstić information content (AvgIpc) is 2.31. The molecule has 1 unspecified atom stereocenters. The molecule has 90 valence electrons. The Bertz CT molecular complexity index is 456. The summed E-state index contributed by atoms with van der Waals surface area (Å²) in [5, 5.41) is 8.85. The maximum absolute atomic E-state index is 12.9. The molecule has 0 saturated heterocycles. The molecule has 0 aliphatic rings. The van der Waals surface area contributed by atoms with Gasteiger partial charge in [-0.1, -0.05) is 22.0 Å². The molecule has 1 aromatic carbocycles. The molecule has 0 radical (unpaired) electrons. The second-order valence-corrected chi connectivity index (χ2v) is 4.44. The van der Waals surface area contributed by atoms with Crippen LogP contribution >= 0.6 is 15.9 Å². The highest BCUT2D eigenvalue weighted by atomic mass is 79.9. The lowest BCUT2D eigenvalue weighted by atomic mass is 10.0. The van der Waals surface area contributed by atoms with Crippen molar-refractivity contribution in [3.63, 3.8) is 0 Å². The van der Waals surface area contributed by atoms with Crippen molar-refractivity contribution >= 4 is 21.9 Å². The number of hydrogen-bond donors (Lipinski definition) is 0. The summed E-state index contributed by atoms with van der Waals surface area (Å²) >= 11 is 3.19. The number of ether oxygens (including phenoxy) is 1. The van der Waals surface area contributed by atoms with Crippen LogP contribution in [0.1, 0.15) is 18.1 Å². The summed E-state index contributed by atoms with van der Waals surface area (Å²) < 4.78 is 17.7. The van der Waals surface area contributed by atoms with Crippen LogP contribution in [-0.2, 0) is 16.0 Å². The first-order valence-corrected chi connectivity index (χ1v) is 5.99. The standard InChI is InChI=1S/C12H11BrFNO2/c1-2-17-12(16)11(13)6-8-3-4-10(14)5-9(8)7-15/h3-5,11H,2,6H2,1H3. The van der Waals surface area contributed by atoms with E-state index in [0.717, 1.165) is 6.07 Å². The normalized spacial score (nSPS) is 11.6. The maximum Gasteiger partial charge on any atom is 0.320 e. The van der Waals surface area contributed by atoms with Gasteiger partial charge in [0.15, 0.2) is 0 Å². The van der Waals surface area contributed by atoms with Gasteiger partial charge in [-0.15, -0.1) is 0 Å². The molecule has 0 aliphatic carbocycles. The first kappa shape index (κ1) is 13.7. The van der Waals surface area contributed by atoms with E-state index in [-0.39, 0.29) is 11.5 Å². The van der Waals surface area contributed by atoms with Crippen LogP contribution in [0, 0.1) is 17.1 Å². The molecule has 0 aromatic heterocycles. The van der Waals surface area contributed by atoms with E-state index in [0.29, 0.717) is 18.6 Å². The summed E-state index contributed by atoms with van der Waals surface area (Å²) in [5.41, 5.74) is 0.850. The third-order valence-electron chi connectivity index (χ3n) is 2.13. The fourth-order valence-corrected chi connectivity index (χ4v) is 1.82. The molecule has 5 heteroatoms. The summed E-state index contributed by atoms with van der Waals surface area (Å²) in [6.07, 6.45) is 0.294. The molecular weight excluding hydrogens is 289 g/mol. The molecule has 0 heterocycles. The molecule has 1 rings (SSSR count). The molecule has 0 fully saturated rings. The van der Waals surface area contributed by atoms with E-state index in [2.05, 4.69) is 15.9 Å². The topological polar surface area (TPSA) is 50.1 Å². The molecule has 1 atom stereocenters. The Balaban J connectivity index is 2.82. The van der Waals surface area contributed by atoms with Gasteiger partial charge in [0, 0.05) is 0 Å². The average molecular weight is 300 g/mol. The Morgan fingerprint density at radius 1 is 1.65 bits per heavy atom. The van der Waals surface area contributed by atoms with E-state index in [1.165, 1.54) is 12.1 Å². The third kappa shape index (κ3) is 3.82. The van der Waals surface area contributed by atoms with Gasteiger partial charge in [-0.3, -0.25) is 4.79 Å². The first-order chi connectivity index (χ1) is 8.08. The minimum atomic E-state index is -0.528. The summed E-state index contributed by atoms with van der Waals surface area (Å²) in [6.45, 7) is 2.02. The van der Waals surface area contributed by atoms with Crippen molar-refractivity contribution in [2.24, 2.45) is 0 Å². The van der Waals surface area contributed by atoms with E-state index in [4.69, 9.17) is 10.00 Å². The van der Waals surface area contributed by atoms with Gasteiger partial charge in [0.1, 0.15) is 10.6 Å². The van der Waals surface area contributed by atoms with Gasteiger partial charge in [0.2, 0.25) is 0 Å².